The fourth-order valence-corrected chi connectivity index (χ4v) is 1.61. The molecule has 0 unspecified atom stereocenters. The lowest BCUT2D eigenvalue weighted by Crippen LogP contribution is -2.01. The van der Waals surface area contributed by atoms with E-state index in [4.69, 9.17) is 23.2 Å². The summed E-state index contributed by atoms with van der Waals surface area (Å²) < 4.78 is 0. The molecule has 2 rings (SSSR count). The van der Waals surface area contributed by atoms with Gasteiger partial charge in [0.25, 0.3) is 0 Å². The molecule has 2 aromatic rings. The standard InChI is InChI=1S/C12H7Cl2NO/c13-10-3-1-8(2-4-10)12(16)9-5-6-15-11(14)7-9/h1-7H. The first-order chi connectivity index (χ1) is 7.66. The van der Waals surface area contributed by atoms with Gasteiger partial charge < -0.3 is 0 Å². The van der Waals surface area contributed by atoms with Gasteiger partial charge in [0.15, 0.2) is 5.78 Å². The molecule has 0 N–H and O–H groups in total. The van der Waals surface area contributed by atoms with Crippen LogP contribution in [0.2, 0.25) is 10.2 Å². The van der Waals surface area contributed by atoms with E-state index in [1.165, 1.54) is 6.20 Å². The van der Waals surface area contributed by atoms with Crippen LogP contribution in [0.4, 0.5) is 0 Å². The number of hydrogen-bond acceptors (Lipinski definition) is 2. The van der Waals surface area contributed by atoms with Gasteiger partial charge in [-0.25, -0.2) is 4.98 Å². The summed E-state index contributed by atoms with van der Waals surface area (Å²) in [5, 5.41) is 0.907. The maximum absolute atomic E-state index is 12.0. The van der Waals surface area contributed by atoms with Gasteiger partial charge in [0.1, 0.15) is 5.15 Å². The van der Waals surface area contributed by atoms with E-state index in [0.29, 0.717) is 21.3 Å². The number of benzene rings is 1. The van der Waals surface area contributed by atoms with Crippen LogP contribution in [0.3, 0.4) is 0 Å². The van der Waals surface area contributed by atoms with Crippen molar-refractivity contribution in [2.45, 2.75) is 0 Å². The number of carbonyl (C=O) groups is 1. The smallest absolute Gasteiger partial charge is 0.193 e. The van der Waals surface area contributed by atoms with E-state index in [-0.39, 0.29) is 5.78 Å². The molecule has 0 saturated carbocycles. The molecule has 0 amide bonds. The molecular weight excluding hydrogens is 245 g/mol. The zero-order chi connectivity index (χ0) is 11.5. The van der Waals surface area contributed by atoms with E-state index in [9.17, 15) is 4.79 Å². The molecule has 1 aromatic heterocycles. The summed E-state index contributed by atoms with van der Waals surface area (Å²) in [6.07, 6.45) is 1.51. The molecule has 0 spiro atoms. The van der Waals surface area contributed by atoms with Crippen LogP contribution < -0.4 is 0 Å². The lowest BCUT2D eigenvalue weighted by atomic mass is 10.1. The van der Waals surface area contributed by atoms with Crippen LogP contribution in [0.15, 0.2) is 42.6 Å². The summed E-state index contributed by atoms with van der Waals surface area (Å²) in [6, 6.07) is 9.88. The monoisotopic (exact) mass is 251 g/mol. The van der Waals surface area contributed by atoms with Crippen molar-refractivity contribution in [3.63, 3.8) is 0 Å². The van der Waals surface area contributed by atoms with Gasteiger partial charge >= 0.3 is 0 Å². The fraction of sp³-hybridized carbons (Fsp3) is 0. The van der Waals surface area contributed by atoms with E-state index in [1.807, 2.05) is 0 Å². The fourth-order valence-electron chi connectivity index (χ4n) is 1.31. The average molecular weight is 252 g/mol. The minimum atomic E-state index is -0.0963. The topological polar surface area (TPSA) is 30.0 Å². The summed E-state index contributed by atoms with van der Waals surface area (Å²) in [5.74, 6) is -0.0963. The van der Waals surface area contributed by atoms with E-state index in [1.54, 1.807) is 36.4 Å². The number of hydrogen-bond donors (Lipinski definition) is 0. The van der Waals surface area contributed by atoms with Crippen molar-refractivity contribution in [2.24, 2.45) is 0 Å². The molecule has 0 aliphatic heterocycles. The van der Waals surface area contributed by atoms with Gasteiger partial charge in [0, 0.05) is 22.3 Å². The normalized spacial score (nSPS) is 10.1. The van der Waals surface area contributed by atoms with Crippen LogP contribution in [0.1, 0.15) is 15.9 Å². The molecular formula is C12H7Cl2NO. The number of pyridine rings is 1. The molecule has 80 valence electrons. The summed E-state index contributed by atoms with van der Waals surface area (Å²) in [6.45, 7) is 0. The number of rotatable bonds is 2. The summed E-state index contributed by atoms with van der Waals surface area (Å²) in [4.78, 5) is 15.8. The van der Waals surface area contributed by atoms with Gasteiger partial charge in [-0.2, -0.15) is 0 Å². The molecule has 2 nitrogen and oxygen atoms in total. The van der Waals surface area contributed by atoms with Crippen molar-refractivity contribution in [3.05, 3.63) is 63.9 Å². The Morgan fingerprint density at radius 1 is 1.00 bits per heavy atom. The Morgan fingerprint density at radius 2 is 1.69 bits per heavy atom. The van der Waals surface area contributed by atoms with Crippen LogP contribution in [-0.4, -0.2) is 10.8 Å². The van der Waals surface area contributed by atoms with Crippen molar-refractivity contribution in [2.75, 3.05) is 0 Å². The summed E-state index contributed by atoms with van der Waals surface area (Å²) in [5.41, 5.74) is 1.09. The molecule has 16 heavy (non-hydrogen) atoms. The molecule has 0 saturated heterocycles. The quantitative estimate of drug-likeness (QED) is 0.603. The average Bonchev–Trinajstić information content (AvgIpc) is 2.29. The highest BCUT2D eigenvalue weighted by Crippen LogP contribution is 2.15. The summed E-state index contributed by atoms with van der Waals surface area (Å²) >= 11 is 11.5. The van der Waals surface area contributed by atoms with Crippen LogP contribution in [-0.2, 0) is 0 Å². The van der Waals surface area contributed by atoms with Gasteiger partial charge in [0.2, 0.25) is 0 Å². The first-order valence-electron chi connectivity index (χ1n) is 4.58. The van der Waals surface area contributed by atoms with Gasteiger partial charge in [-0.05, 0) is 36.4 Å². The molecule has 1 aromatic carbocycles. The van der Waals surface area contributed by atoms with Gasteiger partial charge in [-0.15, -0.1) is 0 Å². The molecule has 1 heterocycles. The Kier molecular flexibility index (Phi) is 3.22. The van der Waals surface area contributed by atoms with Gasteiger partial charge in [-0.3, -0.25) is 4.79 Å². The molecule has 0 radical (unpaired) electrons. The third-order valence-corrected chi connectivity index (χ3v) is 2.55. The zero-order valence-corrected chi connectivity index (χ0v) is 9.66. The van der Waals surface area contributed by atoms with Crippen LogP contribution in [0, 0.1) is 0 Å². The van der Waals surface area contributed by atoms with Crippen LogP contribution >= 0.6 is 23.2 Å². The second-order valence-electron chi connectivity index (χ2n) is 3.20. The van der Waals surface area contributed by atoms with Crippen LogP contribution in [0.25, 0.3) is 0 Å². The Hall–Kier alpha value is -1.38. The number of nitrogens with zero attached hydrogens (tertiary/aromatic N) is 1. The highest BCUT2D eigenvalue weighted by molar-refractivity contribution is 6.31. The second-order valence-corrected chi connectivity index (χ2v) is 4.03. The van der Waals surface area contributed by atoms with E-state index in [0.717, 1.165) is 0 Å². The maximum atomic E-state index is 12.0. The molecule has 0 aliphatic rings. The predicted octanol–water partition coefficient (Wildman–Crippen LogP) is 3.62. The van der Waals surface area contributed by atoms with Crippen molar-refractivity contribution < 1.29 is 4.79 Å². The Balaban J connectivity index is 2.35. The molecule has 4 heteroatoms. The van der Waals surface area contributed by atoms with Crippen LogP contribution in [0.5, 0.6) is 0 Å². The number of aromatic nitrogens is 1. The molecule has 0 atom stereocenters. The minimum Gasteiger partial charge on any atom is -0.289 e. The Morgan fingerprint density at radius 3 is 2.31 bits per heavy atom. The van der Waals surface area contributed by atoms with Crippen molar-refractivity contribution >= 4 is 29.0 Å². The zero-order valence-electron chi connectivity index (χ0n) is 8.15. The van der Waals surface area contributed by atoms with Crippen molar-refractivity contribution in [1.29, 1.82) is 0 Å². The second kappa shape index (κ2) is 4.64. The number of ketones is 1. The third-order valence-electron chi connectivity index (χ3n) is 2.10. The molecule has 0 fully saturated rings. The summed E-state index contributed by atoms with van der Waals surface area (Å²) in [7, 11) is 0. The lowest BCUT2D eigenvalue weighted by molar-refractivity contribution is 0.103. The lowest BCUT2D eigenvalue weighted by Gasteiger charge is -2.01. The van der Waals surface area contributed by atoms with Crippen molar-refractivity contribution in [1.82, 2.24) is 4.98 Å². The first kappa shape index (κ1) is 11.1. The molecule has 0 bridgehead atoms. The number of halogens is 2. The predicted molar refractivity (Wildman–Crippen MR) is 64.1 cm³/mol. The Bertz CT molecular complexity index is 523. The van der Waals surface area contributed by atoms with E-state index >= 15 is 0 Å². The van der Waals surface area contributed by atoms with E-state index < -0.39 is 0 Å². The Labute approximate surface area is 103 Å². The number of carbonyl (C=O) groups excluding carboxylic acids is 1. The third kappa shape index (κ3) is 2.40. The first-order valence-corrected chi connectivity index (χ1v) is 5.34. The van der Waals surface area contributed by atoms with Gasteiger partial charge in [-0.1, -0.05) is 23.2 Å². The van der Waals surface area contributed by atoms with Crippen molar-refractivity contribution in [3.8, 4) is 0 Å². The molecule has 0 aliphatic carbocycles. The largest absolute Gasteiger partial charge is 0.289 e. The van der Waals surface area contributed by atoms with E-state index in [2.05, 4.69) is 4.98 Å². The SMILES string of the molecule is O=C(c1ccc(Cl)cc1)c1ccnc(Cl)c1. The maximum Gasteiger partial charge on any atom is 0.193 e. The highest BCUT2D eigenvalue weighted by atomic mass is 35.5. The van der Waals surface area contributed by atoms with Gasteiger partial charge in [0.05, 0.1) is 0 Å². The highest BCUT2D eigenvalue weighted by Gasteiger charge is 2.09. The minimum absolute atomic E-state index is 0.0963.